The summed E-state index contributed by atoms with van der Waals surface area (Å²) in [5, 5.41) is 0. The topological polar surface area (TPSA) is 42.4 Å². The van der Waals surface area contributed by atoms with Crippen molar-refractivity contribution < 1.29 is 9.53 Å². The molecule has 0 N–H and O–H groups in total. The zero-order valence-corrected chi connectivity index (χ0v) is 11.1. The summed E-state index contributed by atoms with van der Waals surface area (Å²) < 4.78 is 4.68. The molecular formula is C14H20N2O2. The van der Waals surface area contributed by atoms with Gasteiger partial charge in [0.1, 0.15) is 5.82 Å². The number of hydrogen-bond donors (Lipinski definition) is 0. The fourth-order valence-corrected chi connectivity index (χ4v) is 2.53. The summed E-state index contributed by atoms with van der Waals surface area (Å²) >= 11 is 0. The molecule has 0 saturated heterocycles. The van der Waals surface area contributed by atoms with Crippen molar-refractivity contribution in [3.05, 3.63) is 23.9 Å². The molecule has 98 valence electrons. The van der Waals surface area contributed by atoms with Gasteiger partial charge in [-0.15, -0.1) is 0 Å². The summed E-state index contributed by atoms with van der Waals surface area (Å²) in [7, 11) is 3.40. The number of ether oxygens (including phenoxy) is 1. The van der Waals surface area contributed by atoms with Crippen LogP contribution in [0.15, 0.2) is 18.2 Å². The van der Waals surface area contributed by atoms with Crippen molar-refractivity contribution in [2.45, 2.75) is 25.7 Å². The maximum absolute atomic E-state index is 11.4. The van der Waals surface area contributed by atoms with Crippen LogP contribution in [0.3, 0.4) is 0 Å². The Bertz CT molecular complexity index is 414. The van der Waals surface area contributed by atoms with Crippen LogP contribution >= 0.6 is 0 Å². The molecular weight excluding hydrogens is 228 g/mol. The van der Waals surface area contributed by atoms with Crippen molar-refractivity contribution in [1.82, 2.24) is 4.98 Å². The van der Waals surface area contributed by atoms with Crippen LogP contribution in [0.25, 0.3) is 0 Å². The molecule has 0 bridgehead atoms. The van der Waals surface area contributed by atoms with E-state index < -0.39 is 0 Å². The summed E-state index contributed by atoms with van der Waals surface area (Å²) in [5.74, 6) is 1.22. The highest BCUT2D eigenvalue weighted by Gasteiger charge is 2.18. The fourth-order valence-electron chi connectivity index (χ4n) is 2.53. The summed E-state index contributed by atoms with van der Waals surface area (Å²) in [6, 6.07) is 5.46. The molecule has 18 heavy (non-hydrogen) atoms. The first-order valence-electron chi connectivity index (χ1n) is 6.47. The molecule has 1 aromatic heterocycles. The van der Waals surface area contributed by atoms with Crippen molar-refractivity contribution in [3.8, 4) is 0 Å². The monoisotopic (exact) mass is 248 g/mol. The van der Waals surface area contributed by atoms with Gasteiger partial charge in [0.25, 0.3) is 0 Å². The number of carbonyl (C=O) groups excluding carboxylic acids is 1. The van der Waals surface area contributed by atoms with Crippen LogP contribution in [0.4, 0.5) is 5.82 Å². The third-order valence-corrected chi connectivity index (χ3v) is 3.53. The number of nitrogens with zero attached hydrogens (tertiary/aromatic N) is 2. The molecule has 1 saturated carbocycles. The summed E-state index contributed by atoms with van der Waals surface area (Å²) in [5.41, 5.74) is 0.369. The number of anilines is 1. The molecule has 1 fully saturated rings. The molecule has 0 atom stereocenters. The molecule has 1 aromatic rings. The molecule has 0 unspecified atom stereocenters. The maximum Gasteiger partial charge on any atom is 0.356 e. The molecule has 2 rings (SSSR count). The second kappa shape index (κ2) is 5.85. The second-order valence-electron chi connectivity index (χ2n) is 4.90. The summed E-state index contributed by atoms with van der Waals surface area (Å²) in [6.07, 6.45) is 5.30. The third kappa shape index (κ3) is 3.00. The highest BCUT2D eigenvalue weighted by atomic mass is 16.5. The van der Waals surface area contributed by atoms with Gasteiger partial charge < -0.3 is 9.64 Å². The van der Waals surface area contributed by atoms with Gasteiger partial charge in [-0.05, 0) is 30.9 Å². The zero-order valence-electron chi connectivity index (χ0n) is 11.1. The highest BCUT2D eigenvalue weighted by molar-refractivity contribution is 5.87. The highest BCUT2D eigenvalue weighted by Crippen LogP contribution is 2.26. The molecule has 4 heteroatoms. The Kier molecular flexibility index (Phi) is 4.18. The zero-order chi connectivity index (χ0) is 13.0. The van der Waals surface area contributed by atoms with Gasteiger partial charge in [-0.1, -0.05) is 18.9 Å². The smallest absolute Gasteiger partial charge is 0.356 e. The normalized spacial score (nSPS) is 15.7. The van der Waals surface area contributed by atoms with Crippen molar-refractivity contribution in [1.29, 1.82) is 0 Å². The van der Waals surface area contributed by atoms with Crippen LogP contribution in [-0.4, -0.2) is 31.7 Å². The van der Waals surface area contributed by atoms with Gasteiger partial charge in [0.05, 0.1) is 7.11 Å². The van der Waals surface area contributed by atoms with E-state index in [0.717, 1.165) is 18.3 Å². The number of carbonyl (C=O) groups is 1. The van der Waals surface area contributed by atoms with Crippen LogP contribution in [0, 0.1) is 5.92 Å². The number of hydrogen-bond acceptors (Lipinski definition) is 4. The van der Waals surface area contributed by atoms with Crippen molar-refractivity contribution in [2.24, 2.45) is 5.92 Å². The van der Waals surface area contributed by atoms with Gasteiger partial charge in [0, 0.05) is 13.6 Å². The number of esters is 1. The van der Waals surface area contributed by atoms with Gasteiger partial charge in [-0.2, -0.15) is 0 Å². The molecule has 1 aliphatic rings. The Morgan fingerprint density at radius 2 is 2.17 bits per heavy atom. The molecule has 0 aromatic carbocycles. The molecule has 0 amide bonds. The van der Waals surface area contributed by atoms with Crippen LogP contribution < -0.4 is 4.90 Å². The van der Waals surface area contributed by atoms with Crippen LogP contribution in [0.2, 0.25) is 0 Å². The first-order chi connectivity index (χ1) is 8.70. The van der Waals surface area contributed by atoms with Gasteiger partial charge in [0.2, 0.25) is 0 Å². The van der Waals surface area contributed by atoms with Gasteiger partial charge in [-0.3, -0.25) is 0 Å². The molecule has 0 aliphatic heterocycles. The van der Waals surface area contributed by atoms with Gasteiger partial charge >= 0.3 is 5.97 Å². The number of aromatic nitrogens is 1. The van der Waals surface area contributed by atoms with Crippen molar-refractivity contribution in [2.75, 3.05) is 25.6 Å². The quantitative estimate of drug-likeness (QED) is 0.768. The molecule has 1 aliphatic carbocycles. The van der Waals surface area contributed by atoms with Crippen molar-refractivity contribution in [3.63, 3.8) is 0 Å². The molecule has 1 heterocycles. The Labute approximate surface area is 108 Å². The van der Waals surface area contributed by atoms with E-state index in [1.54, 1.807) is 6.07 Å². The minimum atomic E-state index is -0.383. The Balaban J connectivity index is 2.04. The van der Waals surface area contributed by atoms with Crippen LogP contribution in [-0.2, 0) is 4.74 Å². The number of pyridine rings is 1. The van der Waals surface area contributed by atoms with E-state index in [1.165, 1.54) is 32.8 Å². The lowest BCUT2D eigenvalue weighted by molar-refractivity contribution is 0.0594. The van der Waals surface area contributed by atoms with Gasteiger partial charge in [0.15, 0.2) is 5.69 Å². The second-order valence-corrected chi connectivity index (χ2v) is 4.90. The Morgan fingerprint density at radius 3 is 2.83 bits per heavy atom. The Hall–Kier alpha value is -1.58. The minimum Gasteiger partial charge on any atom is -0.464 e. The maximum atomic E-state index is 11.4. The van der Waals surface area contributed by atoms with E-state index in [9.17, 15) is 4.79 Å². The van der Waals surface area contributed by atoms with E-state index in [4.69, 9.17) is 0 Å². The lowest BCUT2D eigenvalue weighted by Gasteiger charge is -2.22. The van der Waals surface area contributed by atoms with E-state index in [1.807, 2.05) is 19.2 Å². The summed E-state index contributed by atoms with van der Waals surface area (Å²) in [6.45, 7) is 1.01. The molecule has 0 spiro atoms. The fraction of sp³-hybridized carbons (Fsp3) is 0.571. The van der Waals surface area contributed by atoms with E-state index >= 15 is 0 Å². The van der Waals surface area contributed by atoms with E-state index in [0.29, 0.717) is 5.69 Å². The van der Waals surface area contributed by atoms with E-state index in [-0.39, 0.29) is 5.97 Å². The number of methoxy groups -OCH3 is 1. The van der Waals surface area contributed by atoms with Crippen LogP contribution in [0.1, 0.15) is 36.2 Å². The SMILES string of the molecule is COC(=O)c1cccc(N(C)CC2CCCC2)n1. The predicted molar refractivity (Wildman–Crippen MR) is 70.8 cm³/mol. The first kappa shape index (κ1) is 12.9. The minimum absolute atomic E-state index is 0.369. The average Bonchev–Trinajstić information content (AvgIpc) is 2.90. The van der Waals surface area contributed by atoms with Crippen LogP contribution in [0.5, 0.6) is 0 Å². The lowest BCUT2D eigenvalue weighted by Crippen LogP contribution is -2.25. The average molecular weight is 248 g/mol. The third-order valence-electron chi connectivity index (χ3n) is 3.53. The summed E-state index contributed by atoms with van der Waals surface area (Å²) in [4.78, 5) is 17.9. The van der Waals surface area contributed by atoms with E-state index in [2.05, 4.69) is 14.6 Å². The standard InChI is InChI=1S/C14H20N2O2/c1-16(10-11-6-3-4-7-11)13-9-5-8-12(15-13)14(17)18-2/h5,8-9,11H,3-4,6-7,10H2,1-2H3. The lowest BCUT2D eigenvalue weighted by atomic mass is 10.1. The molecule has 0 radical (unpaired) electrons. The predicted octanol–water partition coefficient (Wildman–Crippen LogP) is 2.49. The molecule has 4 nitrogen and oxygen atoms in total. The largest absolute Gasteiger partial charge is 0.464 e. The number of rotatable bonds is 4. The first-order valence-corrected chi connectivity index (χ1v) is 6.47. The Morgan fingerprint density at radius 1 is 1.44 bits per heavy atom. The van der Waals surface area contributed by atoms with Crippen molar-refractivity contribution >= 4 is 11.8 Å². The van der Waals surface area contributed by atoms with Gasteiger partial charge in [-0.25, -0.2) is 9.78 Å².